The van der Waals surface area contributed by atoms with E-state index in [1.807, 2.05) is 0 Å². The van der Waals surface area contributed by atoms with Crippen LogP contribution in [0.25, 0.3) is 11.4 Å². The van der Waals surface area contributed by atoms with Crippen LogP contribution in [-0.2, 0) is 10.9 Å². The molecule has 0 radical (unpaired) electrons. The van der Waals surface area contributed by atoms with Gasteiger partial charge in [0, 0.05) is 5.56 Å². The maximum absolute atomic E-state index is 13.0. The van der Waals surface area contributed by atoms with Crippen molar-refractivity contribution >= 4 is 5.97 Å². The second-order valence-corrected chi connectivity index (χ2v) is 3.92. The molecule has 0 saturated heterocycles. The Morgan fingerprint density at radius 1 is 1.19 bits per heavy atom. The molecule has 0 fully saturated rings. The Kier molecular flexibility index (Phi) is 4.15. The lowest BCUT2D eigenvalue weighted by Gasteiger charge is -2.10. The molecule has 0 saturated carbocycles. The third-order valence-corrected chi connectivity index (χ3v) is 2.46. The number of aromatic nitrogens is 3. The maximum Gasteiger partial charge on any atom is 0.435 e. The smallest absolute Gasteiger partial charge is 0.435 e. The van der Waals surface area contributed by atoms with E-state index in [1.54, 1.807) is 30.3 Å². The van der Waals surface area contributed by atoms with E-state index in [4.69, 9.17) is 0 Å². The Bertz CT molecular complexity index is 645. The van der Waals surface area contributed by atoms with Gasteiger partial charge in [-0.1, -0.05) is 30.3 Å². The number of nitrogens with zero attached hydrogens (tertiary/aromatic N) is 3. The molecule has 1 aromatic carbocycles. The van der Waals surface area contributed by atoms with Crippen LogP contribution in [0.4, 0.5) is 13.2 Å². The molecule has 0 unspecified atom stereocenters. The van der Waals surface area contributed by atoms with Gasteiger partial charge in [0.25, 0.3) is 0 Å². The van der Waals surface area contributed by atoms with Gasteiger partial charge in [-0.3, -0.25) is 0 Å². The third-order valence-electron chi connectivity index (χ3n) is 2.46. The van der Waals surface area contributed by atoms with Gasteiger partial charge >= 0.3 is 12.1 Å². The van der Waals surface area contributed by atoms with Crippen LogP contribution in [0, 0.1) is 0 Å². The number of alkyl halides is 3. The van der Waals surface area contributed by atoms with Crippen LogP contribution in [0.2, 0.25) is 0 Å². The summed E-state index contributed by atoms with van der Waals surface area (Å²) >= 11 is 0. The maximum atomic E-state index is 13.0. The molecular weight excluding hydrogens is 287 g/mol. The van der Waals surface area contributed by atoms with Gasteiger partial charge < -0.3 is 4.74 Å². The molecule has 21 heavy (non-hydrogen) atoms. The van der Waals surface area contributed by atoms with Gasteiger partial charge in [-0.25, -0.2) is 9.78 Å². The van der Waals surface area contributed by atoms with Gasteiger partial charge in [0.1, 0.15) is 0 Å². The Labute approximate surface area is 117 Å². The molecule has 8 heteroatoms. The lowest BCUT2D eigenvalue weighted by molar-refractivity contribution is -0.142. The van der Waals surface area contributed by atoms with Crippen molar-refractivity contribution in [1.82, 2.24) is 15.2 Å². The minimum Gasteiger partial charge on any atom is -0.461 e. The van der Waals surface area contributed by atoms with Gasteiger partial charge in [0.05, 0.1) is 6.61 Å². The van der Waals surface area contributed by atoms with Crippen molar-refractivity contribution < 1.29 is 22.7 Å². The minimum absolute atomic E-state index is 0.0712. The number of ether oxygens (including phenoxy) is 1. The van der Waals surface area contributed by atoms with Crippen molar-refractivity contribution in [1.29, 1.82) is 0 Å². The molecule has 5 nitrogen and oxygen atoms in total. The van der Waals surface area contributed by atoms with E-state index in [9.17, 15) is 18.0 Å². The molecule has 0 bridgehead atoms. The Hall–Kier alpha value is -2.51. The summed E-state index contributed by atoms with van der Waals surface area (Å²) in [7, 11) is 0. The fourth-order valence-corrected chi connectivity index (χ4v) is 1.57. The zero-order chi connectivity index (χ0) is 15.5. The second-order valence-electron chi connectivity index (χ2n) is 3.92. The molecule has 2 rings (SSSR count). The summed E-state index contributed by atoms with van der Waals surface area (Å²) < 4.78 is 43.5. The van der Waals surface area contributed by atoms with E-state index in [1.165, 1.54) is 6.92 Å². The topological polar surface area (TPSA) is 65.0 Å². The van der Waals surface area contributed by atoms with Gasteiger partial charge in [-0.05, 0) is 6.92 Å². The van der Waals surface area contributed by atoms with E-state index in [0.717, 1.165) is 0 Å². The summed E-state index contributed by atoms with van der Waals surface area (Å²) in [4.78, 5) is 14.9. The zero-order valence-electron chi connectivity index (χ0n) is 10.9. The molecule has 0 atom stereocenters. The highest BCUT2D eigenvalue weighted by molar-refractivity contribution is 5.88. The lowest BCUT2D eigenvalue weighted by Crippen LogP contribution is -2.20. The average molecular weight is 297 g/mol. The summed E-state index contributed by atoms with van der Waals surface area (Å²) in [5, 5.41) is 6.90. The number of benzene rings is 1. The fourth-order valence-electron chi connectivity index (χ4n) is 1.57. The first kappa shape index (κ1) is 14.9. The number of carbonyl (C=O) groups is 1. The number of rotatable bonds is 3. The van der Waals surface area contributed by atoms with Crippen molar-refractivity contribution in [3.63, 3.8) is 0 Å². The molecule has 0 aliphatic rings. The largest absolute Gasteiger partial charge is 0.461 e. The molecule has 0 spiro atoms. The van der Waals surface area contributed by atoms with Crippen LogP contribution in [0.5, 0.6) is 0 Å². The zero-order valence-corrected chi connectivity index (χ0v) is 10.9. The van der Waals surface area contributed by atoms with Crippen molar-refractivity contribution in [2.45, 2.75) is 13.1 Å². The van der Waals surface area contributed by atoms with Crippen LogP contribution >= 0.6 is 0 Å². The molecular formula is C13H10F3N3O2. The van der Waals surface area contributed by atoms with Crippen molar-refractivity contribution in [2.75, 3.05) is 6.61 Å². The number of esters is 1. The summed E-state index contributed by atoms with van der Waals surface area (Å²) in [6.07, 6.45) is -4.83. The summed E-state index contributed by atoms with van der Waals surface area (Å²) in [6.45, 7) is 1.41. The Balaban J connectivity index is 2.53. The summed E-state index contributed by atoms with van der Waals surface area (Å²) in [5.41, 5.74) is -1.98. The average Bonchev–Trinajstić information content (AvgIpc) is 2.47. The molecule has 0 aliphatic heterocycles. The molecule has 1 aromatic heterocycles. The first-order chi connectivity index (χ1) is 9.93. The van der Waals surface area contributed by atoms with Crippen molar-refractivity contribution in [2.24, 2.45) is 0 Å². The fraction of sp³-hybridized carbons (Fsp3) is 0.231. The van der Waals surface area contributed by atoms with E-state index in [2.05, 4.69) is 19.9 Å². The molecule has 0 N–H and O–H groups in total. The summed E-state index contributed by atoms with van der Waals surface area (Å²) in [6, 6.07) is 8.05. The first-order valence-corrected chi connectivity index (χ1v) is 5.98. The van der Waals surface area contributed by atoms with E-state index < -0.39 is 23.5 Å². The normalized spacial score (nSPS) is 11.2. The summed E-state index contributed by atoms with van der Waals surface area (Å²) in [5.74, 6) is -1.42. The number of hydrogen-bond donors (Lipinski definition) is 0. The van der Waals surface area contributed by atoms with Crippen LogP contribution in [-0.4, -0.2) is 27.8 Å². The lowest BCUT2D eigenvalue weighted by atomic mass is 10.2. The second kappa shape index (κ2) is 5.86. The monoisotopic (exact) mass is 297 g/mol. The molecule has 2 aromatic rings. The number of hydrogen-bond acceptors (Lipinski definition) is 5. The third kappa shape index (κ3) is 3.33. The van der Waals surface area contributed by atoms with Gasteiger partial charge in [-0.2, -0.15) is 13.2 Å². The minimum atomic E-state index is -4.83. The van der Waals surface area contributed by atoms with Gasteiger partial charge in [0.15, 0.2) is 11.5 Å². The molecule has 1 heterocycles. The standard InChI is InChI=1S/C13H10F3N3O2/c1-2-21-12(20)9-10(13(14,15)16)17-11(19-18-9)8-6-4-3-5-7-8/h3-7H,2H2,1H3. The van der Waals surface area contributed by atoms with Crippen molar-refractivity contribution in [3.8, 4) is 11.4 Å². The van der Waals surface area contributed by atoms with E-state index in [-0.39, 0.29) is 12.4 Å². The Morgan fingerprint density at radius 3 is 2.43 bits per heavy atom. The predicted octanol–water partition coefficient (Wildman–Crippen LogP) is 2.73. The number of halogens is 3. The van der Waals surface area contributed by atoms with Crippen LogP contribution in [0.3, 0.4) is 0 Å². The highest BCUT2D eigenvalue weighted by atomic mass is 19.4. The number of carbonyl (C=O) groups excluding carboxylic acids is 1. The first-order valence-electron chi connectivity index (χ1n) is 5.98. The van der Waals surface area contributed by atoms with Crippen LogP contribution in [0.1, 0.15) is 23.1 Å². The van der Waals surface area contributed by atoms with Gasteiger partial charge in [0.2, 0.25) is 5.69 Å². The van der Waals surface area contributed by atoms with Gasteiger partial charge in [-0.15, -0.1) is 10.2 Å². The van der Waals surface area contributed by atoms with E-state index in [0.29, 0.717) is 5.56 Å². The predicted molar refractivity (Wildman–Crippen MR) is 66.2 cm³/mol. The quantitative estimate of drug-likeness (QED) is 0.815. The molecule has 0 aliphatic carbocycles. The van der Waals surface area contributed by atoms with Crippen molar-refractivity contribution in [3.05, 3.63) is 41.7 Å². The highest BCUT2D eigenvalue weighted by Gasteiger charge is 2.40. The molecule has 110 valence electrons. The Morgan fingerprint density at radius 2 is 1.86 bits per heavy atom. The van der Waals surface area contributed by atoms with E-state index >= 15 is 0 Å². The van der Waals surface area contributed by atoms with Crippen LogP contribution < -0.4 is 0 Å². The van der Waals surface area contributed by atoms with Crippen LogP contribution in [0.15, 0.2) is 30.3 Å². The SMILES string of the molecule is CCOC(=O)c1nnc(-c2ccccc2)nc1C(F)(F)F. The highest BCUT2D eigenvalue weighted by Crippen LogP contribution is 2.31. The molecule has 0 amide bonds.